The van der Waals surface area contributed by atoms with Crippen molar-refractivity contribution in [3.63, 3.8) is 0 Å². The molecule has 5 rings (SSSR count). The Morgan fingerprint density at radius 1 is 1.06 bits per heavy atom. The van der Waals surface area contributed by atoms with Crippen LogP contribution in [0.2, 0.25) is 0 Å². The molecule has 1 atom stereocenters. The highest BCUT2D eigenvalue weighted by atomic mass is 16.2. The fraction of sp³-hybridized carbons (Fsp3) is 0.519. The van der Waals surface area contributed by atoms with E-state index in [1.54, 1.807) is 0 Å². The van der Waals surface area contributed by atoms with E-state index in [4.69, 9.17) is 4.98 Å². The van der Waals surface area contributed by atoms with Crippen molar-refractivity contribution in [2.75, 3.05) is 44.2 Å². The minimum Gasteiger partial charge on any atom is -0.366 e. The largest absolute Gasteiger partial charge is 0.366 e. The number of hydrogen-bond donors (Lipinski definition) is 1. The Bertz CT molecular complexity index is 1160. The molecular formula is C27H37N7O. The standard InChI is InChI=1S/C27H37N7O/c1-19(2)30-27(35)32-13-11-31(12-14-32)25-7-9-29-34-18-23(15-26(25)34)24-6-5-21(16-28-24)22-8-10-33(17-22)20(3)4/h5-7,9,15-16,18-20,22H,8,10-14,17H2,1-4H3,(H,30,35). The van der Waals surface area contributed by atoms with Crippen molar-refractivity contribution >= 4 is 17.2 Å². The lowest BCUT2D eigenvalue weighted by atomic mass is 9.99. The summed E-state index contributed by atoms with van der Waals surface area (Å²) in [5, 5.41) is 7.54. The number of pyridine rings is 1. The van der Waals surface area contributed by atoms with Crippen LogP contribution in [-0.4, -0.2) is 81.8 Å². The second-order valence-corrected chi connectivity index (χ2v) is 10.4. The number of carbonyl (C=O) groups is 1. The van der Waals surface area contributed by atoms with Crippen molar-refractivity contribution in [1.29, 1.82) is 0 Å². The van der Waals surface area contributed by atoms with Gasteiger partial charge < -0.3 is 20.0 Å². The molecule has 1 N–H and O–H groups in total. The van der Waals surface area contributed by atoms with Crippen molar-refractivity contribution in [3.8, 4) is 11.3 Å². The summed E-state index contributed by atoms with van der Waals surface area (Å²) in [6.07, 6.45) is 7.17. The van der Waals surface area contributed by atoms with Crippen LogP contribution in [0, 0.1) is 0 Å². The number of rotatable bonds is 5. The van der Waals surface area contributed by atoms with Gasteiger partial charge in [0.05, 0.1) is 16.9 Å². The van der Waals surface area contributed by atoms with Crippen LogP contribution in [0.15, 0.2) is 42.9 Å². The third kappa shape index (κ3) is 4.98. The molecule has 5 heterocycles. The average Bonchev–Trinajstić information content (AvgIpc) is 3.52. The zero-order chi connectivity index (χ0) is 24.5. The van der Waals surface area contributed by atoms with Crippen molar-refractivity contribution in [3.05, 3.63) is 48.4 Å². The van der Waals surface area contributed by atoms with Crippen molar-refractivity contribution < 1.29 is 4.79 Å². The molecule has 8 nitrogen and oxygen atoms in total. The molecule has 3 aromatic rings. The summed E-state index contributed by atoms with van der Waals surface area (Å²) in [5.41, 5.74) is 5.59. The van der Waals surface area contributed by atoms with Crippen LogP contribution in [-0.2, 0) is 0 Å². The van der Waals surface area contributed by atoms with Crippen molar-refractivity contribution in [1.82, 2.24) is 29.7 Å². The van der Waals surface area contributed by atoms with Crippen LogP contribution in [0.5, 0.6) is 0 Å². The van der Waals surface area contributed by atoms with Gasteiger partial charge in [0.2, 0.25) is 0 Å². The van der Waals surface area contributed by atoms with Gasteiger partial charge in [-0.3, -0.25) is 4.98 Å². The summed E-state index contributed by atoms with van der Waals surface area (Å²) in [4.78, 5) is 24.0. The number of hydrogen-bond acceptors (Lipinski definition) is 5. The monoisotopic (exact) mass is 475 g/mol. The van der Waals surface area contributed by atoms with Gasteiger partial charge in [-0.05, 0) is 70.3 Å². The predicted octanol–water partition coefficient (Wildman–Crippen LogP) is 3.83. The normalized spacial score (nSPS) is 19.3. The number of nitrogens with one attached hydrogen (secondary N) is 1. The molecule has 3 aromatic heterocycles. The maximum atomic E-state index is 12.4. The van der Waals surface area contributed by atoms with Gasteiger partial charge in [0.25, 0.3) is 0 Å². The van der Waals surface area contributed by atoms with Crippen molar-refractivity contribution in [2.24, 2.45) is 0 Å². The summed E-state index contributed by atoms with van der Waals surface area (Å²) in [5.74, 6) is 0.571. The predicted molar refractivity (Wildman–Crippen MR) is 140 cm³/mol. The maximum Gasteiger partial charge on any atom is 0.317 e. The van der Waals surface area contributed by atoms with E-state index < -0.39 is 0 Å². The van der Waals surface area contributed by atoms with Crippen LogP contribution < -0.4 is 10.2 Å². The van der Waals surface area contributed by atoms with Crippen LogP contribution in [0.3, 0.4) is 0 Å². The Morgan fingerprint density at radius 2 is 1.86 bits per heavy atom. The van der Waals surface area contributed by atoms with Gasteiger partial charge in [0.1, 0.15) is 0 Å². The zero-order valence-corrected chi connectivity index (χ0v) is 21.3. The highest BCUT2D eigenvalue weighted by molar-refractivity contribution is 5.79. The fourth-order valence-corrected chi connectivity index (χ4v) is 5.24. The van der Waals surface area contributed by atoms with Gasteiger partial charge in [-0.2, -0.15) is 5.10 Å². The molecule has 2 aliphatic heterocycles. The summed E-state index contributed by atoms with van der Waals surface area (Å²) in [6, 6.07) is 9.41. The summed E-state index contributed by atoms with van der Waals surface area (Å²) in [7, 11) is 0. The van der Waals surface area contributed by atoms with Crippen molar-refractivity contribution in [2.45, 2.75) is 52.1 Å². The first kappa shape index (κ1) is 23.6. The lowest BCUT2D eigenvalue weighted by Gasteiger charge is -2.36. The third-order valence-corrected chi connectivity index (χ3v) is 7.31. The Labute approximate surface area is 207 Å². The van der Waals surface area contributed by atoms with Crippen LogP contribution >= 0.6 is 0 Å². The molecule has 2 fully saturated rings. The lowest BCUT2D eigenvalue weighted by molar-refractivity contribution is 0.192. The van der Waals surface area contributed by atoms with Gasteiger partial charge >= 0.3 is 6.03 Å². The molecule has 2 amide bonds. The number of anilines is 1. The molecule has 1 unspecified atom stereocenters. The van der Waals surface area contributed by atoms with Gasteiger partial charge in [-0.1, -0.05) is 6.07 Å². The molecule has 0 bridgehead atoms. The summed E-state index contributed by atoms with van der Waals surface area (Å²) >= 11 is 0. The number of likely N-dealkylation sites (tertiary alicyclic amines) is 1. The minimum atomic E-state index is 0.0218. The molecule has 0 saturated carbocycles. The fourth-order valence-electron chi connectivity index (χ4n) is 5.24. The zero-order valence-electron chi connectivity index (χ0n) is 21.3. The molecule has 8 heteroatoms. The number of fused-ring (bicyclic) bond motifs is 1. The second-order valence-electron chi connectivity index (χ2n) is 10.4. The number of aromatic nitrogens is 3. The average molecular weight is 476 g/mol. The first-order chi connectivity index (χ1) is 16.9. The molecule has 0 aromatic carbocycles. The summed E-state index contributed by atoms with van der Waals surface area (Å²) < 4.78 is 1.94. The molecule has 0 aliphatic carbocycles. The summed E-state index contributed by atoms with van der Waals surface area (Å²) in [6.45, 7) is 13.8. The highest BCUT2D eigenvalue weighted by Crippen LogP contribution is 2.31. The smallest absolute Gasteiger partial charge is 0.317 e. The Hall–Kier alpha value is -3.13. The number of piperazine rings is 1. The minimum absolute atomic E-state index is 0.0218. The van der Waals surface area contributed by atoms with Crippen LogP contribution in [0.25, 0.3) is 16.8 Å². The Kier molecular flexibility index (Phi) is 6.65. The van der Waals surface area contributed by atoms with E-state index in [0.717, 1.165) is 42.1 Å². The Morgan fingerprint density at radius 3 is 2.51 bits per heavy atom. The molecule has 2 aliphatic rings. The van der Waals surface area contributed by atoms with E-state index in [1.165, 1.54) is 18.5 Å². The topological polar surface area (TPSA) is 69.0 Å². The van der Waals surface area contributed by atoms with E-state index in [-0.39, 0.29) is 12.1 Å². The highest BCUT2D eigenvalue weighted by Gasteiger charge is 2.26. The van der Waals surface area contributed by atoms with E-state index in [9.17, 15) is 4.79 Å². The van der Waals surface area contributed by atoms with E-state index in [1.807, 2.05) is 29.5 Å². The van der Waals surface area contributed by atoms with E-state index >= 15 is 0 Å². The molecule has 0 radical (unpaired) electrons. The quantitative estimate of drug-likeness (QED) is 0.607. The van der Waals surface area contributed by atoms with Gasteiger partial charge in [-0.25, -0.2) is 9.31 Å². The third-order valence-electron chi connectivity index (χ3n) is 7.31. The number of nitrogens with zero attached hydrogens (tertiary/aromatic N) is 6. The number of carbonyl (C=O) groups excluding carboxylic acids is 1. The molecule has 35 heavy (non-hydrogen) atoms. The lowest BCUT2D eigenvalue weighted by Crippen LogP contribution is -2.53. The van der Waals surface area contributed by atoms with E-state index in [2.05, 4.69) is 70.7 Å². The first-order valence-corrected chi connectivity index (χ1v) is 12.9. The SMILES string of the molecule is CC(C)NC(=O)N1CCN(c2ccnn3cc(-c4ccc(C5CCN(C(C)C)C5)cn4)cc23)CC1. The van der Waals surface area contributed by atoms with Gasteiger partial charge in [-0.15, -0.1) is 0 Å². The van der Waals surface area contributed by atoms with E-state index in [0.29, 0.717) is 25.0 Å². The van der Waals surface area contributed by atoms with Crippen LogP contribution in [0.4, 0.5) is 10.5 Å². The maximum absolute atomic E-state index is 12.4. The number of urea groups is 1. The molecule has 0 spiro atoms. The molecular weight excluding hydrogens is 438 g/mol. The van der Waals surface area contributed by atoms with Gasteiger partial charge in [0.15, 0.2) is 0 Å². The second kappa shape index (κ2) is 9.85. The first-order valence-electron chi connectivity index (χ1n) is 12.9. The molecule has 2 saturated heterocycles. The Balaban J connectivity index is 1.30. The van der Waals surface area contributed by atoms with Gasteiger partial charge in [0, 0.05) is 69.0 Å². The van der Waals surface area contributed by atoms with Crippen LogP contribution in [0.1, 0.15) is 45.6 Å². The number of amides is 2. The molecule has 186 valence electrons.